The van der Waals surface area contributed by atoms with E-state index >= 15 is 0 Å². The molecule has 0 radical (unpaired) electrons. The third-order valence-corrected chi connectivity index (χ3v) is 4.21. The lowest BCUT2D eigenvalue weighted by Crippen LogP contribution is -2.30. The second kappa shape index (κ2) is 11.0. The van der Waals surface area contributed by atoms with Crippen molar-refractivity contribution in [3.63, 3.8) is 0 Å². The van der Waals surface area contributed by atoms with Crippen LogP contribution in [0.2, 0.25) is 0 Å². The normalized spacial score (nSPS) is 10.0. The minimum atomic E-state index is -0.128. The number of amides is 2. The molecule has 7 heteroatoms. The van der Waals surface area contributed by atoms with Gasteiger partial charge >= 0.3 is 0 Å². The quantitative estimate of drug-likeness (QED) is 0.625. The number of carbonyl (C=O) groups excluding carboxylic acids is 2. The zero-order valence-corrected chi connectivity index (χ0v) is 15.4. The summed E-state index contributed by atoms with van der Waals surface area (Å²) in [6, 6.07) is 16.5. The summed E-state index contributed by atoms with van der Waals surface area (Å²) in [5, 5.41) is 5.53. The van der Waals surface area contributed by atoms with Crippen molar-refractivity contribution in [3.05, 3.63) is 54.6 Å². The van der Waals surface area contributed by atoms with E-state index in [1.165, 1.54) is 11.8 Å². The molecule has 0 aliphatic rings. The molecule has 0 atom stereocenters. The molecule has 138 valence electrons. The molecule has 2 aromatic rings. The van der Waals surface area contributed by atoms with Gasteiger partial charge in [-0.3, -0.25) is 9.59 Å². The van der Waals surface area contributed by atoms with Crippen LogP contribution >= 0.6 is 11.8 Å². The molecule has 0 heterocycles. The lowest BCUT2D eigenvalue weighted by molar-refractivity contribution is -0.118. The van der Waals surface area contributed by atoms with Crippen molar-refractivity contribution in [2.75, 3.05) is 37.1 Å². The zero-order valence-electron chi connectivity index (χ0n) is 14.6. The van der Waals surface area contributed by atoms with Crippen LogP contribution in [0, 0.1) is 0 Å². The van der Waals surface area contributed by atoms with Crippen LogP contribution in [-0.2, 0) is 9.59 Å². The maximum atomic E-state index is 11.8. The fourth-order valence-corrected chi connectivity index (χ4v) is 2.68. The van der Waals surface area contributed by atoms with Gasteiger partial charge in [-0.1, -0.05) is 18.2 Å². The second-order valence-electron chi connectivity index (χ2n) is 5.28. The number of anilines is 1. The number of hydrogen-bond acceptors (Lipinski definition) is 5. The standard InChI is InChI=1S/C19H22N2O4S/c1-24-16-7-9-17(10-8-16)25-12-11-20-18(22)13-26-14-19(23)21-15-5-3-2-4-6-15/h2-10H,11-14H2,1H3,(H,20,22)(H,21,23). The van der Waals surface area contributed by atoms with Crippen molar-refractivity contribution in [2.45, 2.75) is 0 Å². The highest BCUT2D eigenvalue weighted by atomic mass is 32.2. The molecule has 0 saturated carbocycles. The SMILES string of the molecule is COc1ccc(OCCNC(=O)CSCC(=O)Nc2ccccc2)cc1. The van der Waals surface area contributed by atoms with Crippen molar-refractivity contribution in [2.24, 2.45) is 0 Å². The topological polar surface area (TPSA) is 76.7 Å². The summed E-state index contributed by atoms with van der Waals surface area (Å²) < 4.78 is 10.6. The molecule has 0 aliphatic carbocycles. The smallest absolute Gasteiger partial charge is 0.234 e. The fraction of sp³-hybridized carbons (Fsp3) is 0.263. The first-order valence-corrected chi connectivity index (χ1v) is 9.29. The number of benzene rings is 2. The first-order chi connectivity index (χ1) is 12.7. The fourth-order valence-electron chi connectivity index (χ4n) is 2.04. The number of carbonyl (C=O) groups is 2. The van der Waals surface area contributed by atoms with Crippen LogP contribution in [0.4, 0.5) is 5.69 Å². The van der Waals surface area contributed by atoms with Crippen LogP contribution in [0.5, 0.6) is 11.5 Å². The predicted octanol–water partition coefficient (Wildman–Crippen LogP) is 2.56. The van der Waals surface area contributed by atoms with E-state index in [1.54, 1.807) is 7.11 Å². The van der Waals surface area contributed by atoms with Gasteiger partial charge < -0.3 is 20.1 Å². The first-order valence-electron chi connectivity index (χ1n) is 8.13. The molecule has 0 saturated heterocycles. The molecule has 0 bridgehead atoms. The van der Waals surface area contributed by atoms with E-state index in [1.807, 2.05) is 54.6 Å². The van der Waals surface area contributed by atoms with Crippen LogP contribution in [0.25, 0.3) is 0 Å². The average Bonchev–Trinajstić information content (AvgIpc) is 2.66. The summed E-state index contributed by atoms with van der Waals surface area (Å²) in [7, 11) is 1.61. The Morgan fingerprint density at radius 1 is 0.923 bits per heavy atom. The van der Waals surface area contributed by atoms with Gasteiger partial charge in [0, 0.05) is 5.69 Å². The summed E-state index contributed by atoms with van der Waals surface area (Å²) >= 11 is 1.27. The summed E-state index contributed by atoms with van der Waals surface area (Å²) in [6.45, 7) is 0.777. The zero-order chi connectivity index (χ0) is 18.6. The molecule has 0 unspecified atom stereocenters. The van der Waals surface area contributed by atoms with Crippen molar-refractivity contribution in [1.29, 1.82) is 0 Å². The molecule has 0 fully saturated rings. The van der Waals surface area contributed by atoms with E-state index in [0.717, 1.165) is 11.4 Å². The van der Waals surface area contributed by atoms with Crippen molar-refractivity contribution in [3.8, 4) is 11.5 Å². The summed E-state index contributed by atoms with van der Waals surface area (Å²) in [5.41, 5.74) is 0.748. The molecular weight excluding hydrogens is 352 g/mol. The van der Waals surface area contributed by atoms with Gasteiger partial charge in [0.25, 0.3) is 0 Å². The molecular formula is C19H22N2O4S. The number of nitrogens with one attached hydrogen (secondary N) is 2. The highest BCUT2D eigenvalue weighted by molar-refractivity contribution is 8.00. The Kier molecular flexibility index (Phi) is 8.35. The number of ether oxygens (including phenoxy) is 2. The van der Waals surface area contributed by atoms with Crippen molar-refractivity contribution >= 4 is 29.3 Å². The van der Waals surface area contributed by atoms with E-state index < -0.39 is 0 Å². The van der Waals surface area contributed by atoms with E-state index in [-0.39, 0.29) is 23.3 Å². The average molecular weight is 374 g/mol. The monoisotopic (exact) mass is 374 g/mol. The van der Waals surface area contributed by atoms with Gasteiger partial charge in [-0.15, -0.1) is 11.8 Å². The van der Waals surface area contributed by atoms with Gasteiger partial charge in [-0.25, -0.2) is 0 Å². The van der Waals surface area contributed by atoms with Gasteiger partial charge in [0.05, 0.1) is 25.2 Å². The highest BCUT2D eigenvalue weighted by Gasteiger charge is 2.06. The Morgan fingerprint density at radius 3 is 2.27 bits per heavy atom. The third kappa shape index (κ3) is 7.48. The van der Waals surface area contributed by atoms with Gasteiger partial charge in [0.1, 0.15) is 18.1 Å². The number of hydrogen-bond donors (Lipinski definition) is 2. The third-order valence-electron chi connectivity index (χ3n) is 3.28. The molecule has 0 spiro atoms. The summed E-state index contributed by atoms with van der Waals surface area (Å²) in [6.07, 6.45) is 0. The van der Waals surface area contributed by atoms with Crippen molar-refractivity contribution < 1.29 is 19.1 Å². The Bertz CT molecular complexity index is 692. The lowest BCUT2D eigenvalue weighted by Gasteiger charge is -2.08. The summed E-state index contributed by atoms with van der Waals surface area (Å²) in [5.74, 6) is 1.68. The van der Waals surface area contributed by atoms with Crippen LogP contribution in [-0.4, -0.2) is 43.6 Å². The maximum absolute atomic E-state index is 11.8. The molecule has 0 aliphatic heterocycles. The number of methoxy groups -OCH3 is 1. The van der Waals surface area contributed by atoms with Gasteiger partial charge in [-0.2, -0.15) is 0 Å². The van der Waals surface area contributed by atoms with E-state index in [2.05, 4.69) is 10.6 Å². The van der Waals surface area contributed by atoms with Crippen LogP contribution in [0.1, 0.15) is 0 Å². The Balaban J connectivity index is 1.53. The molecule has 2 aromatic carbocycles. The summed E-state index contributed by atoms with van der Waals surface area (Å²) in [4.78, 5) is 23.5. The van der Waals surface area contributed by atoms with Gasteiger partial charge in [0.15, 0.2) is 0 Å². The van der Waals surface area contributed by atoms with Gasteiger partial charge in [0.2, 0.25) is 11.8 Å². The largest absolute Gasteiger partial charge is 0.497 e. The highest BCUT2D eigenvalue weighted by Crippen LogP contribution is 2.16. The number of rotatable bonds is 10. The molecule has 6 nitrogen and oxygen atoms in total. The number of thioether (sulfide) groups is 1. The number of para-hydroxylation sites is 1. The van der Waals surface area contributed by atoms with Gasteiger partial charge in [-0.05, 0) is 36.4 Å². The Morgan fingerprint density at radius 2 is 1.58 bits per heavy atom. The van der Waals surface area contributed by atoms with E-state index in [9.17, 15) is 9.59 Å². The van der Waals surface area contributed by atoms with Crippen molar-refractivity contribution in [1.82, 2.24) is 5.32 Å². The van der Waals surface area contributed by atoms with E-state index in [0.29, 0.717) is 18.9 Å². The molecule has 2 rings (SSSR count). The Labute approximate surface area is 157 Å². The maximum Gasteiger partial charge on any atom is 0.234 e. The van der Waals surface area contributed by atoms with Crippen LogP contribution in [0.15, 0.2) is 54.6 Å². The minimum absolute atomic E-state index is 0.124. The van der Waals surface area contributed by atoms with Crippen LogP contribution in [0.3, 0.4) is 0 Å². The Hall–Kier alpha value is -2.67. The molecule has 26 heavy (non-hydrogen) atoms. The predicted molar refractivity (Wildman–Crippen MR) is 104 cm³/mol. The van der Waals surface area contributed by atoms with Crippen LogP contribution < -0.4 is 20.1 Å². The van der Waals surface area contributed by atoms with E-state index in [4.69, 9.17) is 9.47 Å². The lowest BCUT2D eigenvalue weighted by atomic mass is 10.3. The second-order valence-corrected chi connectivity index (χ2v) is 6.27. The minimum Gasteiger partial charge on any atom is -0.497 e. The molecule has 2 amide bonds. The molecule has 0 aromatic heterocycles. The molecule has 2 N–H and O–H groups in total. The first kappa shape index (κ1) is 19.7.